The number of hydrogen-bond donors (Lipinski definition) is 1. The van der Waals surface area contributed by atoms with Gasteiger partial charge in [-0.25, -0.2) is 0 Å². The molecule has 4 aromatic rings. The Morgan fingerprint density at radius 3 is 2.55 bits per heavy atom. The third-order valence-electron chi connectivity index (χ3n) is 5.98. The van der Waals surface area contributed by atoms with Crippen molar-refractivity contribution < 1.29 is 4.42 Å². The van der Waals surface area contributed by atoms with Crippen molar-refractivity contribution in [2.24, 2.45) is 0 Å². The Bertz CT molecular complexity index is 1340. The van der Waals surface area contributed by atoms with Gasteiger partial charge in [0.2, 0.25) is 0 Å². The van der Waals surface area contributed by atoms with Crippen LogP contribution >= 0.6 is 35.4 Å². The first-order valence-corrected chi connectivity index (χ1v) is 11.7. The number of thiocarbonyl (C=S) groups is 1. The fourth-order valence-electron chi connectivity index (χ4n) is 4.14. The van der Waals surface area contributed by atoms with Crippen LogP contribution in [0.4, 0.5) is 5.69 Å². The number of aromatic nitrogens is 1. The van der Waals surface area contributed by atoms with Crippen molar-refractivity contribution >= 4 is 46.2 Å². The lowest BCUT2D eigenvalue weighted by atomic mass is 10.0. The molecule has 0 bridgehead atoms. The summed E-state index contributed by atoms with van der Waals surface area (Å²) in [6.07, 6.45) is 1.79. The van der Waals surface area contributed by atoms with E-state index < -0.39 is 0 Å². The Morgan fingerprint density at radius 1 is 0.970 bits per heavy atom. The highest BCUT2D eigenvalue weighted by atomic mass is 35.5. The molecule has 0 amide bonds. The molecule has 0 spiro atoms. The molecule has 1 fully saturated rings. The molecule has 0 radical (unpaired) electrons. The molecule has 1 saturated heterocycles. The molecule has 2 atom stereocenters. The van der Waals surface area contributed by atoms with Gasteiger partial charge in [0.1, 0.15) is 17.6 Å². The number of pyridine rings is 1. The van der Waals surface area contributed by atoms with Gasteiger partial charge in [-0.2, -0.15) is 0 Å². The molecular formula is C26H21Cl2N3OS. The third-order valence-corrected chi connectivity index (χ3v) is 6.84. The average Bonchev–Trinajstić information content (AvgIpc) is 3.41. The summed E-state index contributed by atoms with van der Waals surface area (Å²) in [5.74, 6) is 1.43. The predicted molar refractivity (Wildman–Crippen MR) is 138 cm³/mol. The average molecular weight is 494 g/mol. The highest BCUT2D eigenvalue weighted by Crippen LogP contribution is 2.43. The van der Waals surface area contributed by atoms with Crippen LogP contribution in [0.5, 0.6) is 0 Å². The Hall–Kier alpha value is -2.86. The highest BCUT2D eigenvalue weighted by Gasteiger charge is 2.42. The zero-order valence-electron chi connectivity index (χ0n) is 18.0. The Balaban J connectivity index is 1.61. The van der Waals surface area contributed by atoms with Gasteiger partial charge < -0.3 is 14.6 Å². The summed E-state index contributed by atoms with van der Waals surface area (Å²) in [7, 11) is 0. The van der Waals surface area contributed by atoms with Crippen LogP contribution in [0.25, 0.3) is 11.3 Å². The van der Waals surface area contributed by atoms with Gasteiger partial charge in [-0.1, -0.05) is 35.3 Å². The van der Waals surface area contributed by atoms with Gasteiger partial charge in [0.15, 0.2) is 5.11 Å². The first kappa shape index (κ1) is 22.0. The van der Waals surface area contributed by atoms with Crippen molar-refractivity contribution in [2.75, 3.05) is 4.90 Å². The van der Waals surface area contributed by atoms with E-state index in [0.29, 0.717) is 20.9 Å². The summed E-state index contributed by atoms with van der Waals surface area (Å²) in [4.78, 5) is 6.70. The van der Waals surface area contributed by atoms with Crippen LogP contribution in [0.1, 0.15) is 34.7 Å². The van der Waals surface area contributed by atoms with Gasteiger partial charge >= 0.3 is 0 Å². The van der Waals surface area contributed by atoms with Crippen LogP contribution in [-0.2, 0) is 0 Å². The molecule has 166 valence electrons. The molecule has 33 heavy (non-hydrogen) atoms. The molecule has 7 heteroatoms. The van der Waals surface area contributed by atoms with Crippen molar-refractivity contribution in [1.82, 2.24) is 10.3 Å². The van der Waals surface area contributed by atoms with Crippen LogP contribution < -0.4 is 10.2 Å². The van der Waals surface area contributed by atoms with Gasteiger partial charge in [-0.3, -0.25) is 4.98 Å². The minimum Gasteiger partial charge on any atom is -0.459 e. The normalized spacial score (nSPS) is 17.9. The Labute approximate surface area is 208 Å². The molecular weight excluding hydrogens is 473 g/mol. The largest absolute Gasteiger partial charge is 0.459 e. The van der Waals surface area contributed by atoms with Gasteiger partial charge in [0.25, 0.3) is 0 Å². The zero-order chi connectivity index (χ0) is 23.1. The van der Waals surface area contributed by atoms with Crippen LogP contribution in [-0.4, -0.2) is 10.1 Å². The van der Waals surface area contributed by atoms with E-state index in [1.807, 2.05) is 36.4 Å². The Morgan fingerprint density at radius 2 is 1.82 bits per heavy atom. The lowest BCUT2D eigenvalue weighted by molar-refractivity contribution is 0.439. The van der Waals surface area contributed by atoms with Crippen LogP contribution in [0.2, 0.25) is 10.0 Å². The van der Waals surface area contributed by atoms with E-state index in [1.165, 1.54) is 11.1 Å². The van der Waals surface area contributed by atoms with Gasteiger partial charge in [0.05, 0.1) is 16.8 Å². The van der Waals surface area contributed by atoms with E-state index >= 15 is 0 Å². The van der Waals surface area contributed by atoms with E-state index in [1.54, 1.807) is 18.3 Å². The van der Waals surface area contributed by atoms with E-state index in [-0.39, 0.29) is 12.1 Å². The van der Waals surface area contributed by atoms with Gasteiger partial charge in [-0.15, -0.1) is 0 Å². The van der Waals surface area contributed by atoms with Crippen molar-refractivity contribution in [3.63, 3.8) is 0 Å². The maximum atomic E-state index is 6.44. The van der Waals surface area contributed by atoms with Crippen molar-refractivity contribution in [3.05, 3.63) is 106 Å². The second kappa shape index (κ2) is 8.82. The molecule has 2 aromatic heterocycles. The minimum absolute atomic E-state index is 0.181. The first-order valence-electron chi connectivity index (χ1n) is 10.6. The lowest BCUT2D eigenvalue weighted by Crippen LogP contribution is -2.29. The van der Waals surface area contributed by atoms with Crippen molar-refractivity contribution in [2.45, 2.75) is 25.9 Å². The molecule has 4 nitrogen and oxygen atoms in total. The smallest absolute Gasteiger partial charge is 0.174 e. The summed E-state index contributed by atoms with van der Waals surface area (Å²) in [6.45, 7) is 4.20. The van der Waals surface area contributed by atoms with Crippen LogP contribution in [0.15, 0.2) is 77.3 Å². The number of benzene rings is 2. The number of furan rings is 1. The van der Waals surface area contributed by atoms with Crippen molar-refractivity contribution in [1.29, 1.82) is 0 Å². The summed E-state index contributed by atoms with van der Waals surface area (Å²) in [5, 5.41) is 5.21. The molecule has 2 aromatic carbocycles. The number of nitrogens with zero attached hydrogens (tertiary/aromatic N) is 2. The number of anilines is 1. The fraction of sp³-hybridized carbons (Fsp3) is 0.154. The predicted octanol–water partition coefficient (Wildman–Crippen LogP) is 7.44. The molecule has 1 aliphatic heterocycles. The molecule has 5 rings (SSSR count). The van der Waals surface area contributed by atoms with Crippen LogP contribution in [0, 0.1) is 13.8 Å². The number of halogens is 2. The standard InChI is InChI=1S/C26H21Cl2N3OS/c1-15-6-8-18(13-16(15)2)31-25(24(30-26(31)33)21-5-3-4-12-29-21)23-11-10-22(32-23)19-9-7-17(27)14-20(19)28/h3-14,24-25H,1-2H3,(H,30,33). The maximum Gasteiger partial charge on any atom is 0.174 e. The summed E-state index contributed by atoms with van der Waals surface area (Å²) >= 11 is 18.3. The molecule has 1 N–H and O–H groups in total. The lowest BCUT2D eigenvalue weighted by Gasteiger charge is -2.26. The number of aryl methyl sites for hydroxylation is 2. The number of rotatable bonds is 4. The van der Waals surface area contributed by atoms with Gasteiger partial charge in [0, 0.05) is 22.5 Å². The van der Waals surface area contributed by atoms with E-state index in [4.69, 9.17) is 39.8 Å². The summed E-state index contributed by atoms with van der Waals surface area (Å²) < 4.78 is 6.38. The molecule has 3 heterocycles. The Kier molecular flexibility index (Phi) is 5.87. The first-order chi connectivity index (χ1) is 15.9. The quantitative estimate of drug-likeness (QED) is 0.299. The SMILES string of the molecule is Cc1ccc(N2C(=S)NC(c3ccccn3)C2c2ccc(-c3ccc(Cl)cc3Cl)o2)cc1C. The second-order valence-corrected chi connectivity index (χ2v) is 9.32. The fourth-order valence-corrected chi connectivity index (χ4v) is 4.99. The molecule has 1 aliphatic rings. The van der Waals surface area contributed by atoms with E-state index in [0.717, 1.165) is 22.7 Å². The molecule has 0 saturated carbocycles. The summed E-state index contributed by atoms with van der Waals surface area (Å²) in [5.41, 5.74) is 5.10. The number of hydrogen-bond acceptors (Lipinski definition) is 3. The van der Waals surface area contributed by atoms with E-state index in [2.05, 4.69) is 47.2 Å². The number of nitrogens with one attached hydrogen (secondary N) is 1. The second-order valence-electron chi connectivity index (χ2n) is 8.09. The monoisotopic (exact) mass is 493 g/mol. The minimum atomic E-state index is -0.227. The topological polar surface area (TPSA) is 41.3 Å². The van der Waals surface area contributed by atoms with Gasteiger partial charge in [-0.05, 0) is 91.8 Å². The highest BCUT2D eigenvalue weighted by molar-refractivity contribution is 7.80. The van der Waals surface area contributed by atoms with Crippen molar-refractivity contribution in [3.8, 4) is 11.3 Å². The third kappa shape index (κ3) is 4.12. The summed E-state index contributed by atoms with van der Waals surface area (Å²) in [6, 6.07) is 21.1. The molecule has 2 unspecified atom stereocenters. The zero-order valence-corrected chi connectivity index (χ0v) is 20.4. The maximum absolute atomic E-state index is 6.44. The van der Waals surface area contributed by atoms with Crippen LogP contribution in [0.3, 0.4) is 0 Å². The van der Waals surface area contributed by atoms with E-state index in [9.17, 15) is 0 Å². The molecule has 0 aliphatic carbocycles.